The van der Waals surface area contributed by atoms with E-state index in [1.165, 1.54) is 0 Å². The lowest BCUT2D eigenvalue weighted by Crippen LogP contribution is -2.40. The summed E-state index contributed by atoms with van der Waals surface area (Å²) in [5, 5.41) is 3.28. The Morgan fingerprint density at radius 2 is 2.04 bits per heavy atom. The number of nitrogens with two attached hydrogens (primary N) is 1. The van der Waals surface area contributed by atoms with E-state index in [1.54, 1.807) is 24.2 Å². The minimum absolute atomic E-state index is 0.184. The largest absolute Gasteiger partial charge is 0.380 e. The van der Waals surface area contributed by atoms with Crippen LogP contribution in [0.2, 0.25) is 0 Å². The SMILES string of the molecule is C=C/C=C(\C=C)COC.CNC(CCC(C)N)CC1CCC(C=O)N1C=O. The molecule has 1 fully saturated rings. The maximum atomic E-state index is 11.0. The van der Waals surface area contributed by atoms with E-state index in [1.807, 2.05) is 20.0 Å². The smallest absolute Gasteiger partial charge is 0.210 e. The number of hydrogen-bond donors (Lipinski definition) is 2. The minimum Gasteiger partial charge on any atom is -0.380 e. The van der Waals surface area contributed by atoms with E-state index in [2.05, 4.69) is 18.5 Å². The molecule has 4 unspecified atom stereocenters. The van der Waals surface area contributed by atoms with Crippen molar-refractivity contribution < 1.29 is 14.3 Å². The molecule has 0 aromatic rings. The first-order valence-corrected chi connectivity index (χ1v) is 9.51. The molecule has 1 amide bonds. The molecule has 1 saturated heterocycles. The molecular weight excluding hydrogens is 342 g/mol. The van der Waals surface area contributed by atoms with Crippen LogP contribution in [0, 0.1) is 0 Å². The predicted octanol–water partition coefficient (Wildman–Crippen LogP) is 2.21. The highest BCUT2D eigenvalue weighted by atomic mass is 16.5. The summed E-state index contributed by atoms with van der Waals surface area (Å²) in [6.45, 7) is 9.76. The summed E-state index contributed by atoms with van der Waals surface area (Å²) in [5.41, 5.74) is 6.81. The van der Waals surface area contributed by atoms with Crippen LogP contribution in [0.5, 0.6) is 0 Å². The quantitative estimate of drug-likeness (QED) is 0.401. The number of rotatable bonds is 12. The number of ether oxygens (including phenoxy) is 1. The van der Waals surface area contributed by atoms with E-state index in [4.69, 9.17) is 10.5 Å². The monoisotopic (exact) mass is 379 g/mol. The number of amides is 1. The van der Waals surface area contributed by atoms with Crippen molar-refractivity contribution in [2.45, 2.75) is 63.2 Å². The third kappa shape index (κ3) is 10.2. The van der Waals surface area contributed by atoms with Gasteiger partial charge < -0.3 is 25.5 Å². The molecule has 1 aliphatic heterocycles. The summed E-state index contributed by atoms with van der Waals surface area (Å²) in [7, 11) is 3.59. The number of carbonyl (C=O) groups is 2. The third-order valence-corrected chi connectivity index (χ3v) is 4.72. The van der Waals surface area contributed by atoms with Gasteiger partial charge in [-0.15, -0.1) is 0 Å². The molecule has 3 N–H and O–H groups in total. The van der Waals surface area contributed by atoms with E-state index >= 15 is 0 Å². The van der Waals surface area contributed by atoms with Crippen molar-refractivity contribution in [2.75, 3.05) is 20.8 Å². The van der Waals surface area contributed by atoms with Crippen molar-refractivity contribution in [1.29, 1.82) is 0 Å². The van der Waals surface area contributed by atoms with Crippen molar-refractivity contribution in [3.05, 3.63) is 37.0 Å². The number of allylic oxidation sites excluding steroid dienone is 2. The average molecular weight is 380 g/mol. The Balaban J connectivity index is 0.000000636. The molecule has 1 aliphatic rings. The number of aldehydes is 1. The Hall–Kier alpha value is -1.76. The van der Waals surface area contributed by atoms with E-state index in [0.717, 1.165) is 50.4 Å². The summed E-state index contributed by atoms with van der Waals surface area (Å²) >= 11 is 0. The van der Waals surface area contributed by atoms with Gasteiger partial charge in [0.15, 0.2) is 0 Å². The Labute approximate surface area is 164 Å². The van der Waals surface area contributed by atoms with Gasteiger partial charge in [0.25, 0.3) is 0 Å². The molecule has 0 aromatic carbocycles. The van der Waals surface area contributed by atoms with Gasteiger partial charge in [-0.05, 0) is 51.6 Å². The molecule has 154 valence electrons. The van der Waals surface area contributed by atoms with Crippen LogP contribution in [0.15, 0.2) is 37.0 Å². The highest BCUT2D eigenvalue weighted by Crippen LogP contribution is 2.25. The van der Waals surface area contributed by atoms with E-state index in [9.17, 15) is 9.59 Å². The lowest BCUT2D eigenvalue weighted by Gasteiger charge is -2.27. The van der Waals surface area contributed by atoms with Crippen LogP contribution in [-0.2, 0) is 14.3 Å². The zero-order valence-electron chi connectivity index (χ0n) is 17.1. The summed E-state index contributed by atoms with van der Waals surface area (Å²) in [4.78, 5) is 23.6. The Morgan fingerprint density at radius 1 is 1.33 bits per heavy atom. The maximum Gasteiger partial charge on any atom is 0.210 e. The van der Waals surface area contributed by atoms with E-state index in [0.29, 0.717) is 12.6 Å². The van der Waals surface area contributed by atoms with Crippen molar-refractivity contribution >= 4 is 12.7 Å². The van der Waals surface area contributed by atoms with Gasteiger partial charge in [0.05, 0.1) is 12.6 Å². The van der Waals surface area contributed by atoms with Crippen molar-refractivity contribution in [3.63, 3.8) is 0 Å². The Bertz CT molecular complexity index is 477. The van der Waals surface area contributed by atoms with Gasteiger partial charge in [-0.1, -0.05) is 31.4 Å². The van der Waals surface area contributed by atoms with Crippen LogP contribution in [0.1, 0.15) is 39.0 Å². The van der Waals surface area contributed by atoms with E-state index in [-0.39, 0.29) is 18.1 Å². The fraction of sp³-hybridized carbons (Fsp3) is 0.619. The first kappa shape index (κ1) is 25.2. The normalized spacial score (nSPS) is 21.6. The molecule has 27 heavy (non-hydrogen) atoms. The summed E-state index contributed by atoms with van der Waals surface area (Å²) in [6.07, 6.45) is 11.6. The third-order valence-electron chi connectivity index (χ3n) is 4.72. The van der Waals surface area contributed by atoms with Crippen LogP contribution in [0.25, 0.3) is 0 Å². The average Bonchev–Trinajstić information content (AvgIpc) is 3.06. The number of methoxy groups -OCH3 is 1. The zero-order chi connectivity index (χ0) is 20.7. The van der Waals surface area contributed by atoms with Crippen LogP contribution in [0.4, 0.5) is 0 Å². The predicted molar refractivity (Wildman–Crippen MR) is 111 cm³/mol. The standard InChI is InChI=1S/C13H25N3O2.C8H12O/c1-10(14)3-4-11(15-2)7-12-5-6-13(8-17)16(12)9-18;1-4-6-8(5-2)7-9-3/h8-13,15H,3-7,14H2,1-2H3;4-6H,1-2,7H2,3H3/b;8-6+. The summed E-state index contributed by atoms with van der Waals surface area (Å²) < 4.78 is 4.86. The molecule has 6 nitrogen and oxygen atoms in total. The molecule has 4 atom stereocenters. The van der Waals surface area contributed by atoms with Crippen LogP contribution < -0.4 is 11.1 Å². The van der Waals surface area contributed by atoms with Gasteiger partial charge in [0.2, 0.25) is 6.41 Å². The van der Waals surface area contributed by atoms with Crippen molar-refractivity contribution in [1.82, 2.24) is 10.2 Å². The maximum absolute atomic E-state index is 11.0. The second kappa shape index (κ2) is 15.3. The minimum atomic E-state index is -0.224. The first-order chi connectivity index (χ1) is 13.0. The molecule has 0 saturated carbocycles. The molecule has 0 aromatic heterocycles. The van der Waals surface area contributed by atoms with Gasteiger partial charge in [-0.2, -0.15) is 0 Å². The van der Waals surface area contributed by atoms with Crippen molar-refractivity contribution in [3.8, 4) is 0 Å². The lowest BCUT2D eigenvalue weighted by molar-refractivity contribution is -0.125. The second-order valence-corrected chi connectivity index (χ2v) is 6.88. The molecule has 0 spiro atoms. The molecule has 1 heterocycles. The van der Waals surface area contributed by atoms with Crippen LogP contribution in [0.3, 0.4) is 0 Å². The number of nitrogens with one attached hydrogen (secondary N) is 1. The molecule has 0 aliphatic carbocycles. The summed E-state index contributed by atoms with van der Waals surface area (Å²) in [5.74, 6) is 0. The Morgan fingerprint density at radius 3 is 2.48 bits per heavy atom. The first-order valence-electron chi connectivity index (χ1n) is 9.51. The Kier molecular flexibility index (Phi) is 14.3. The van der Waals surface area contributed by atoms with E-state index < -0.39 is 0 Å². The van der Waals surface area contributed by atoms with Gasteiger partial charge in [-0.25, -0.2) is 0 Å². The van der Waals surface area contributed by atoms with Gasteiger partial charge >= 0.3 is 0 Å². The fourth-order valence-electron chi connectivity index (χ4n) is 3.14. The molecule has 0 radical (unpaired) electrons. The fourth-order valence-corrected chi connectivity index (χ4v) is 3.14. The molecular formula is C21H37N3O3. The summed E-state index contributed by atoms with van der Waals surface area (Å²) in [6, 6.07) is 0.518. The molecule has 0 bridgehead atoms. The number of nitrogens with zero attached hydrogens (tertiary/aromatic N) is 1. The lowest BCUT2D eigenvalue weighted by atomic mass is 9.99. The second-order valence-electron chi connectivity index (χ2n) is 6.88. The van der Waals surface area contributed by atoms with Gasteiger partial charge in [-0.3, -0.25) is 4.79 Å². The topological polar surface area (TPSA) is 84.7 Å². The van der Waals surface area contributed by atoms with Crippen molar-refractivity contribution in [2.24, 2.45) is 5.73 Å². The van der Waals surface area contributed by atoms with Gasteiger partial charge in [0, 0.05) is 25.2 Å². The highest BCUT2D eigenvalue weighted by molar-refractivity contribution is 5.65. The molecule has 6 heteroatoms. The highest BCUT2D eigenvalue weighted by Gasteiger charge is 2.33. The zero-order valence-corrected chi connectivity index (χ0v) is 17.1. The number of hydrogen-bond acceptors (Lipinski definition) is 5. The van der Waals surface area contributed by atoms with Crippen LogP contribution in [-0.4, -0.2) is 62.5 Å². The number of likely N-dealkylation sites (tertiary alicyclic amines) is 1. The molecule has 1 rings (SSSR count). The number of carbonyl (C=O) groups excluding carboxylic acids is 2. The van der Waals surface area contributed by atoms with Crippen LogP contribution >= 0.6 is 0 Å². The van der Waals surface area contributed by atoms with Gasteiger partial charge in [0.1, 0.15) is 6.29 Å².